The van der Waals surface area contributed by atoms with Crippen molar-refractivity contribution >= 4 is 33.5 Å². The summed E-state index contributed by atoms with van der Waals surface area (Å²) in [6, 6.07) is 26.1. The van der Waals surface area contributed by atoms with E-state index in [-0.39, 0.29) is 76.0 Å². The fourth-order valence-corrected chi connectivity index (χ4v) is 4.12. The number of pyridine rings is 2. The number of fused-ring (bicyclic) bond motifs is 3. The Morgan fingerprint density at radius 1 is 0.585 bits per heavy atom. The number of aliphatic hydroxyl groups is 2. The van der Waals surface area contributed by atoms with Crippen molar-refractivity contribution in [1.29, 1.82) is 0 Å². The van der Waals surface area contributed by atoms with E-state index >= 15 is 0 Å². The predicted molar refractivity (Wildman–Crippen MR) is 207 cm³/mol. The minimum Gasteiger partial charge on any atom is -0.545 e. The average Bonchev–Trinajstić information content (AvgIpc) is 3.41. The fraction of sp³-hybridized carbons (Fsp3) is 0.364. The maximum Gasteiger partial charge on any atom is 0.164 e. The first kappa shape index (κ1) is 47.4. The van der Waals surface area contributed by atoms with Gasteiger partial charge in [-0.05, 0) is 23.5 Å². The summed E-state index contributed by atoms with van der Waals surface area (Å²) >= 11 is 0. The molecule has 290 valence electrons. The number of aliphatic hydroxyl groups excluding tert-OH is 2. The number of hydrogen-bond donors (Lipinski definition) is 2. The van der Waals surface area contributed by atoms with Gasteiger partial charge in [0.1, 0.15) is 11.5 Å². The number of carbonyl (C=O) groups excluding carboxylic acids is 2. The van der Waals surface area contributed by atoms with E-state index in [0.717, 1.165) is 44.5 Å². The Bertz CT molecular complexity index is 1880. The van der Waals surface area contributed by atoms with E-state index < -0.39 is 10.8 Å². The molecule has 0 fully saturated rings. The van der Waals surface area contributed by atoms with Crippen molar-refractivity contribution in [2.75, 3.05) is 0 Å². The molecule has 5 rings (SSSR count). The van der Waals surface area contributed by atoms with Crippen LogP contribution in [-0.4, -0.2) is 31.7 Å². The molecule has 53 heavy (non-hydrogen) atoms. The van der Waals surface area contributed by atoms with Crippen molar-refractivity contribution < 1.29 is 66.3 Å². The van der Waals surface area contributed by atoms with Gasteiger partial charge in [-0.2, -0.15) is 0 Å². The van der Waals surface area contributed by atoms with Crippen molar-refractivity contribution in [2.45, 2.75) is 83.1 Å². The summed E-state index contributed by atoms with van der Waals surface area (Å²) in [7, 11) is 0. The zero-order chi connectivity index (χ0) is 38.4. The molecule has 5 aromatic rings. The van der Waals surface area contributed by atoms with E-state index in [1.54, 1.807) is 12.4 Å². The molecule has 0 radical (unpaired) electrons. The van der Waals surface area contributed by atoms with Crippen LogP contribution in [0.3, 0.4) is 0 Å². The summed E-state index contributed by atoms with van der Waals surface area (Å²) in [5.41, 5.74) is 3.77. The van der Waals surface area contributed by atoms with E-state index in [1.807, 2.05) is 132 Å². The SMILES string of the molecule is CC(C)(C)C(=O)/C=C(\O)C(C)(C)C.CC(C)(C)C(=O)/C=C(\O)C(C)(C)C.[Pt].[Pt].[c-]1cc2oc3c[c-]c(-c4ccccn4)cc3c2cc1-c1ccccn1. The first-order valence-corrected chi connectivity index (χ1v) is 17.0. The molecule has 0 aliphatic rings. The first-order valence-electron chi connectivity index (χ1n) is 17.0. The maximum atomic E-state index is 11.5. The number of allylic oxidation sites excluding steroid dienone is 4. The Hall–Kier alpha value is -3.66. The summed E-state index contributed by atoms with van der Waals surface area (Å²) in [5.74, 6) is 0.208. The second-order valence-electron chi connectivity index (χ2n) is 16.6. The molecule has 7 nitrogen and oxygen atoms in total. The van der Waals surface area contributed by atoms with Gasteiger partial charge in [0, 0.05) is 99.5 Å². The number of rotatable bonds is 4. The van der Waals surface area contributed by atoms with Gasteiger partial charge in [-0.15, -0.1) is 47.5 Å². The molecule has 3 heterocycles. The zero-order valence-electron chi connectivity index (χ0n) is 32.7. The van der Waals surface area contributed by atoms with Crippen molar-refractivity contribution in [3.05, 3.63) is 109 Å². The second-order valence-corrected chi connectivity index (χ2v) is 16.6. The number of aromatic nitrogens is 2. The number of benzene rings is 2. The van der Waals surface area contributed by atoms with Gasteiger partial charge in [0.2, 0.25) is 0 Å². The first-order chi connectivity index (χ1) is 23.5. The molecule has 9 heteroatoms. The minimum absolute atomic E-state index is 0. The molecule has 0 aliphatic heterocycles. The standard InChI is InChI=1S/C22H12N2O.2C11H20O2.2Pt/c1-3-11-23-19(5-1)15-7-9-21-17(13-15)18-14-16(8-10-22(18)25-21)20-6-2-4-12-24-20;2*1-10(2,3)8(12)7-9(13)11(4,5)6;;/h1-6,9-14H;2*7,12H,1-6H3;;/q-2;;;;/b;2*8-7-;;. The minimum atomic E-state index is -0.417. The van der Waals surface area contributed by atoms with Crippen LogP contribution in [0.2, 0.25) is 0 Å². The van der Waals surface area contributed by atoms with Crippen molar-refractivity contribution in [3.63, 3.8) is 0 Å². The molecule has 0 atom stereocenters. The van der Waals surface area contributed by atoms with E-state index in [9.17, 15) is 19.8 Å². The monoisotopic (exact) mass is 1080 g/mol. The van der Waals surface area contributed by atoms with Crippen LogP contribution >= 0.6 is 0 Å². The number of hydrogen-bond acceptors (Lipinski definition) is 7. The third kappa shape index (κ3) is 13.9. The van der Waals surface area contributed by atoms with Crippen LogP contribution in [0.4, 0.5) is 0 Å². The van der Waals surface area contributed by atoms with Crippen LogP contribution in [-0.2, 0) is 51.7 Å². The maximum absolute atomic E-state index is 11.5. The molecule has 0 saturated carbocycles. The number of furan rings is 1. The van der Waals surface area contributed by atoms with Gasteiger partial charge >= 0.3 is 0 Å². The van der Waals surface area contributed by atoms with Crippen LogP contribution in [0.5, 0.6) is 0 Å². The van der Waals surface area contributed by atoms with Gasteiger partial charge in [-0.25, -0.2) is 0 Å². The molecular weight excluding hydrogens is 1030 g/mol. The van der Waals surface area contributed by atoms with Gasteiger partial charge in [0.05, 0.1) is 0 Å². The largest absolute Gasteiger partial charge is 0.545 e. The average molecular weight is 1080 g/mol. The van der Waals surface area contributed by atoms with E-state index in [0.29, 0.717) is 0 Å². The quantitative estimate of drug-likeness (QED) is 0.105. The smallest absolute Gasteiger partial charge is 0.164 e. The van der Waals surface area contributed by atoms with Gasteiger partial charge in [0.15, 0.2) is 11.6 Å². The Balaban J connectivity index is 0.000000433. The Labute approximate surface area is 343 Å². The molecule has 0 saturated heterocycles. The zero-order valence-corrected chi connectivity index (χ0v) is 37.3. The molecule has 0 aliphatic carbocycles. The summed E-state index contributed by atoms with van der Waals surface area (Å²) < 4.78 is 5.93. The van der Waals surface area contributed by atoms with Gasteiger partial charge in [0.25, 0.3) is 0 Å². The number of ketones is 2. The van der Waals surface area contributed by atoms with E-state index in [4.69, 9.17) is 4.42 Å². The third-order valence-corrected chi connectivity index (χ3v) is 7.77. The third-order valence-electron chi connectivity index (χ3n) is 7.77. The second kappa shape index (κ2) is 19.1. The molecule has 0 amide bonds. The van der Waals surface area contributed by atoms with Gasteiger partial charge in [-0.3, -0.25) is 9.59 Å². The summed E-state index contributed by atoms with van der Waals surface area (Å²) in [6.45, 7) is 22.2. The normalized spacial score (nSPS) is 12.4. The van der Waals surface area contributed by atoms with Crippen LogP contribution in [0.25, 0.3) is 44.5 Å². The topological polar surface area (TPSA) is 114 Å². The van der Waals surface area contributed by atoms with Crippen LogP contribution < -0.4 is 0 Å². The molecular formula is C44H52N2O5Pt2-2. The Morgan fingerprint density at radius 3 is 1.19 bits per heavy atom. The van der Waals surface area contributed by atoms with Gasteiger partial charge in [-0.1, -0.05) is 118 Å². The summed E-state index contributed by atoms with van der Waals surface area (Å²) in [4.78, 5) is 31.8. The number of nitrogens with zero attached hydrogens (tertiary/aromatic N) is 2. The molecule has 2 aromatic carbocycles. The van der Waals surface area contributed by atoms with E-state index in [1.165, 1.54) is 12.2 Å². The summed E-state index contributed by atoms with van der Waals surface area (Å²) in [6.07, 6.45) is 6.24. The van der Waals surface area contributed by atoms with Crippen LogP contribution in [0.1, 0.15) is 83.1 Å². The van der Waals surface area contributed by atoms with Gasteiger partial charge < -0.3 is 24.6 Å². The van der Waals surface area contributed by atoms with Crippen LogP contribution in [0.15, 0.2) is 101 Å². The molecule has 0 spiro atoms. The Kier molecular flexibility index (Phi) is 17.1. The Morgan fingerprint density at radius 2 is 0.925 bits per heavy atom. The predicted octanol–water partition coefficient (Wildman–Crippen LogP) is 11.5. The fourth-order valence-electron chi connectivity index (χ4n) is 4.12. The van der Waals surface area contributed by atoms with Crippen LogP contribution in [0, 0.1) is 33.8 Å². The molecule has 3 aromatic heterocycles. The molecule has 0 bridgehead atoms. The van der Waals surface area contributed by atoms with E-state index in [2.05, 4.69) is 34.2 Å². The van der Waals surface area contributed by atoms with Crippen molar-refractivity contribution in [3.8, 4) is 22.5 Å². The molecule has 0 unspecified atom stereocenters. The van der Waals surface area contributed by atoms with Crippen molar-refractivity contribution in [2.24, 2.45) is 21.7 Å². The van der Waals surface area contributed by atoms with Crippen molar-refractivity contribution in [1.82, 2.24) is 9.97 Å². The molecule has 2 N–H and O–H groups in total. The summed E-state index contributed by atoms with van der Waals surface area (Å²) in [5, 5.41) is 21.2. The number of carbonyl (C=O) groups is 2.